The minimum absolute atomic E-state index is 0.0972. The molecule has 3 rings (SSSR count). The van der Waals surface area contributed by atoms with Gasteiger partial charge in [-0.1, -0.05) is 6.07 Å². The molecule has 2 heterocycles. The second-order valence-corrected chi connectivity index (χ2v) is 6.58. The Morgan fingerprint density at radius 3 is 2.63 bits per heavy atom. The maximum Gasteiger partial charge on any atom is 0.416 e. The Bertz CT molecular complexity index is 992. The van der Waals surface area contributed by atoms with Crippen LogP contribution < -0.4 is 5.32 Å². The number of benzene rings is 1. The van der Waals surface area contributed by atoms with Gasteiger partial charge in [-0.2, -0.15) is 13.2 Å². The van der Waals surface area contributed by atoms with Crippen LogP contribution in [-0.2, 0) is 12.7 Å². The lowest BCUT2D eigenvalue weighted by Gasteiger charge is -2.18. The van der Waals surface area contributed by atoms with E-state index >= 15 is 0 Å². The van der Waals surface area contributed by atoms with Gasteiger partial charge in [0, 0.05) is 17.9 Å². The standard InChI is InChI=1S/C19H19F3N4O/c1-12-16(7-6-15-9-23-11-26(12)15)18(27)24-14-5-4-13(10-25(2)3)17(8-14)19(20,21)22/h4-9,11H,10H2,1-3H3,(H,24,27). The summed E-state index contributed by atoms with van der Waals surface area (Å²) in [5.41, 5.74) is 1.35. The van der Waals surface area contributed by atoms with E-state index in [0.717, 1.165) is 11.6 Å². The maximum atomic E-state index is 13.4. The topological polar surface area (TPSA) is 49.6 Å². The van der Waals surface area contributed by atoms with Crippen molar-refractivity contribution >= 4 is 17.1 Å². The zero-order valence-electron chi connectivity index (χ0n) is 15.1. The van der Waals surface area contributed by atoms with Crippen molar-refractivity contribution in [1.82, 2.24) is 14.3 Å². The third-order valence-corrected chi connectivity index (χ3v) is 4.24. The molecule has 5 nitrogen and oxygen atoms in total. The van der Waals surface area contributed by atoms with Crippen molar-refractivity contribution in [3.8, 4) is 0 Å². The van der Waals surface area contributed by atoms with E-state index in [1.165, 1.54) is 12.1 Å². The number of carbonyl (C=O) groups is 1. The fourth-order valence-corrected chi connectivity index (χ4v) is 2.96. The van der Waals surface area contributed by atoms with Crippen LogP contribution in [0.4, 0.5) is 18.9 Å². The summed E-state index contributed by atoms with van der Waals surface area (Å²) in [7, 11) is 3.40. The highest BCUT2D eigenvalue weighted by molar-refractivity contribution is 6.05. The molecule has 142 valence electrons. The highest BCUT2D eigenvalue weighted by Crippen LogP contribution is 2.34. The number of aromatic nitrogens is 2. The monoisotopic (exact) mass is 376 g/mol. The summed E-state index contributed by atoms with van der Waals surface area (Å²) in [6.45, 7) is 1.91. The molecule has 0 aliphatic carbocycles. The van der Waals surface area contributed by atoms with Gasteiger partial charge in [-0.3, -0.25) is 4.79 Å². The number of nitrogens with one attached hydrogen (secondary N) is 1. The Kier molecular flexibility index (Phi) is 4.93. The molecule has 1 amide bonds. The highest BCUT2D eigenvalue weighted by atomic mass is 19.4. The Labute approximate surface area is 154 Å². The van der Waals surface area contributed by atoms with E-state index in [1.807, 2.05) is 0 Å². The van der Waals surface area contributed by atoms with Gasteiger partial charge in [0.05, 0.1) is 29.2 Å². The maximum absolute atomic E-state index is 13.4. The first-order chi connectivity index (χ1) is 12.7. The van der Waals surface area contributed by atoms with Crippen molar-refractivity contribution in [3.05, 3.63) is 65.2 Å². The van der Waals surface area contributed by atoms with Gasteiger partial charge in [-0.05, 0) is 50.8 Å². The number of alkyl halides is 3. The van der Waals surface area contributed by atoms with Crippen LogP contribution in [0.3, 0.4) is 0 Å². The average Bonchev–Trinajstić information content (AvgIpc) is 3.04. The molecule has 27 heavy (non-hydrogen) atoms. The molecular formula is C19H19F3N4O. The molecule has 0 radical (unpaired) electrons. The van der Waals surface area contributed by atoms with E-state index in [2.05, 4.69) is 10.3 Å². The number of imidazole rings is 1. The number of rotatable bonds is 4. The smallest absolute Gasteiger partial charge is 0.322 e. The largest absolute Gasteiger partial charge is 0.416 e. The van der Waals surface area contributed by atoms with Crippen molar-refractivity contribution in [3.63, 3.8) is 0 Å². The van der Waals surface area contributed by atoms with Crippen LogP contribution in [0.2, 0.25) is 0 Å². The van der Waals surface area contributed by atoms with Gasteiger partial charge in [-0.25, -0.2) is 4.98 Å². The molecule has 0 bridgehead atoms. The molecule has 3 aromatic rings. The number of carbonyl (C=O) groups excluding carboxylic acids is 1. The molecule has 0 atom stereocenters. The molecule has 8 heteroatoms. The highest BCUT2D eigenvalue weighted by Gasteiger charge is 2.33. The fourth-order valence-electron chi connectivity index (χ4n) is 2.96. The quantitative estimate of drug-likeness (QED) is 0.750. The number of anilines is 1. The van der Waals surface area contributed by atoms with E-state index < -0.39 is 17.6 Å². The van der Waals surface area contributed by atoms with E-state index in [1.54, 1.807) is 55.0 Å². The van der Waals surface area contributed by atoms with Crippen LogP contribution in [0.5, 0.6) is 0 Å². The van der Waals surface area contributed by atoms with Gasteiger partial charge in [0.25, 0.3) is 5.91 Å². The first kappa shape index (κ1) is 18.9. The van der Waals surface area contributed by atoms with Crippen LogP contribution in [0.1, 0.15) is 27.2 Å². The van der Waals surface area contributed by atoms with Crippen LogP contribution in [0, 0.1) is 6.92 Å². The van der Waals surface area contributed by atoms with Gasteiger partial charge < -0.3 is 14.6 Å². The molecule has 0 fully saturated rings. The second kappa shape index (κ2) is 7.03. The molecule has 1 aromatic carbocycles. The van der Waals surface area contributed by atoms with Crippen LogP contribution in [0.15, 0.2) is 42.9 Å². The normalized spacial score (nSPS) is 12.0. The fraction of sp³-hybridized carbons (Fsp3) is 0.263. The predicted octanol–water partition coefficient (Wildman–Crippen LogP) is 3.98. The molecule has 0 unspecified atom stereocenters. The number of hydrogen-bond acceptors (Lipinski definition) is 3. The van der Waals surface area contributed by atoms with Gasteiger partial charge in [0.2, 0.25) is 0 Å². The molecule has 1 N–H and O–H groups in total. The lowest BCUT2D eigenvalue weighted by atomic mass is 10.1. The van der Waals surface area contributed by atoms with Crippen molar-refractivity contribution in [2.45, 2.75) is 19.6 Å². The lowest BCUT2D eigenvalue weighted by Crippen LogP contribution is -2.18. The summed E-state index contributed by atoms with van der Waals surface area (Å²) >= 11 is 0. The van der Waals surface area contributed by atoms with Crippen LogP contribution in [0.25, 0.3) is 5.52 Å². The predicted molar refractivity (Wildman–Crippen MR) is 96.7 cm³/mol. The van der Waals surface area contributed by atoms with Gasteiger partial charge in [0.15, 0.2) is 0 Å². The van der Waals surface area contributed by atoms with Crippen LogP contribution in [-0.4, -0.2) is 34.3 Å². The molecule has 0 aliphatic rings. The summed E-state index contributed by atoms with van der Waals surface area (Å²) in [4.78, 5) is 18.3. The third-order valence-electron chi connectivity index (χ3n) is 4.24. The molecule has 2 aromatic heterocycles. The summed E-state index contributed by atoms with van der Waals surface area (Å²) in [5.74, 6) is -0.475. The van der Waals surface area contributed by atoms with E-state index in [4.69, 9.17) is 0 Å². The first-order valence-electron chi connectivity index (χ1n) is 8.24. The minimum Gasteiger partial charge on any atom is -0.322 e. The molecule has 0 saturated heterocycles. The lowest BCUT2D eigenvalue weighted by molar-refractivity contribution is -0.138. The summed E-state index contributed by atoms with van der Waals surface area (Å²) in [5, 5.41) is 2.56. The van der Waals surface area contributed by atoms with Crippen molar-refractivity contribution in [2.75, 3.05) is 19.4 Å². The zero-order chi connectivity index (χ0) is 19.8. The Morgan fingerprint density at radius 2 is 1.96 bits per heavy atom. The Morgan fingerprint density at radius 1 is 1.22 bits per heavy atom. The van der Waals surface area contributed by atoms with Crippen molar-refractivity contribution in [2.24, 2.45) is 0 Å². The third kappa shape index (κ3) is 3.95. The van der Waals surface area contributed by atoms with Gasteiger partial charge in [0.1, 0.15) is 0 Å². The number of aryl methyl sites for hydroxylation is 1. The Balaban J connectivity index is 1.92. The average molecular weight is 376 g/mol. The number of amides is 1. The second-order valence-electron chi connectivity index (χ2n) is 6.58. The minimum atomic E-state index is -4.50. The molecule has 0 spiro atoms. The van der Waals surface area contributed by atoms with Crippen LogP contribution >= 0.6 is 0 Å². The summed E-state index contributed by atoms with van der Waals surface area (Å²) in [6.07, 6.45) is -1.26. The Hall–Kier alpha value is -2.87. The summed E-state index contributed by atoms with van der Waals surface area (Å²) in [6, 6.07) is 7.21. The number of nitrogens with zero attached hydrogens (tertiary/aromatic N) is 3. The molecular weight excluding hydrogens is 357 g/mol. The van der Waals surface area contributed by atoms with Crippen molar-refractivity contribution in [1.29, 1.82) is 0 Å². The van der Waals surface area contributed by atoms with Crippen molar-refractivity contribution < 1.29 is 18.0 Å². The summed E-state index contributed by atoms with van der Waals surface area (Å²) < 4.78 is 41.9. The first-order valence-corrected chi connectivity index (χ1v) is 8.24. The van der Waals surface area contributed by atoms with E-state index in [9.17, 15) is 18.0 Å². The number of fused-ring (bicyclic) bond motifs is 1. The number of halogens is 3. The number of pyridine rings is 1. The molecule has 0 aliphatic heterocycles. The number of hydrogen-bond donors (Lipinski definition) is 1. The van der Waals surface area contributed by atoms with E-state index in [-0.39, 0.29) is 17.8 Å². The SMILES string of the molecule is Cc1c(C(=O)Nc2ccc(CN(C)C)c(C(F)(F)F)c2)ccc2cncn12. The molecule has 0 saturated carbocycles. The van der Waals surface area contributed by atoms with Gasteiger partial charge in [-0.15, -0.1) is 0 Å². The zero-order valence-corrected chi connectivity index (χ0v) is 15.1. The van der Waals surface area contributed by atoms with E-state index in [0.29, 0.717) is 11.3 Å². The van der Waals surface area contributed by atoms with Gasteiger partial charge >= 0.3 is 6.18 Å².